The second kappa shape index (κ2) is 8.92. The summed E-state index contributed by atoms with van der Waals surface area (Å²) in [5, 5.41) is 0. The van der Waals surface area contributed by atoms with Gasteiger partial charge in [0.2, 0.25) is 0 Å². The SMILES string of the molecule is CC[C@@H](C)O[C@H]1O[C@H](COC)[C@@H](OC)[C@H](OC)[C@@H]1OC. The summed E-state index contributed by atoms with van der Waals surface area (Å²) in [5.74, 6) is 0. The van der Waals surface area contributed by atoms with Gasteiger partial charge in [-0.3, -0.25) is 0 Å². The van der Waals surface area contributed by atoms with E-state index >= 15 is 0 Å². The zero-order valence-electron chi connectivity index (χ0n) is 13.3. The van der Waals surface area contributed by atoms with E-state index in [9.17, 15) is 0 Å². The third-order valence-corrected chi connectivity index (χ3v) is 3.68. The highest BCUT2D eigenvalue weighted by atomic mass is 16.7. The monoisotopic (exact) mass is 292 g/mol. The Kier molecular flexibility index (Phi) is 7.94. The molecular weight excluding hydrogens is 264 g/mol. The van der Waals surface area contributed by atoms with Gasteiger partial charge in [0.25, 0.3) is 0 Å². The minimum absolute atomic E-state index is 0.0810. The maximum Gasteiger partial charge on any atom is 0.187 e. The smallest absolute Gasteiger partial charge is 0.187 e. The summed E-state index contributed by atoms with van der Waals surface area (Å²) in [4.78, 5) is 0. The van der Waals surface area contributed by atoms with Crippen LogP contribution >= 0.6 is 0 Å². The molecule has 1 aliphatic rings. The normalized spacial score (nSPS) is 36.0. The van der Waals surface area contributed by atoms with Crippen molar-refractivity contribution in [3.63, 3.8) is 0 Å². The molecule has 1 heterocycles. The zero-order valence-corrected chi connectivity index (χ0v) is 13.3. The van der Waals surface area contributed by atoms with Crippen molar-refractivity contribution in [3.05, 3.63) is 0 Å². The van der Waals surface area contributed by atoms with E-state index in [-0.39, 0.29) is 30.5 Å². The summed E-state index contributed by atoms with van der Waals surface area (Å²) in [7, 11) is 6.52. The van der Waals surface area contributed by atoms with E-state index in [2.05, 4.69) is 6.92 Å². The van der Waals surface area contributed by atoms with E-state index in [1.54, 1.807) is 28.4 Å². The third-order valence-electron chi connectivity index (χ3n) is 3.68. The molecule has 0 aliphatic carbocycles. The van der Waals surface area contributed by atoms with Crippen LogP contribution in [0.5, 0.6) is 0 Å². The molecule has 0 saturated carbocycles. The van der Waals surface area contributed by atoms with Gasteiger partial charge in [-0.05, 0) is 13.3 Å². The maximum absolute atomic E-state index is 5.96. The van der Waals surface area contributed by atoms with Crippen molar-refractivity contribution in [3.8, 4) is 0 Å². The van der Waals surface area contributed by atoms with Crippen molar-refractivity contribution in [2.24, 2.45) is 0 Å². The summed E-state index contributed by atoms with van der Waals surface area (Å²) >= 11 is 0. The fourth-order valence-corrected chi connectivity index (χ4v) is 2.41. The van der Waals surface area contributed by atoms with Crippen LogP contribution in [0.15, 0.2) is 0 Å². The van der Waals surface area contributed by atoms with E-state index in [4.69, 9.17) is 28.4 Å². The van der Waals surface area contributed by atoms with Crippen LogP contribution in [-0.4, -0.2) is 71.9 Å². The highest BCUT2D eigenvalue weighted by molar-refractivity contribution is 4.92. The van der Waals surface area contributed by atoms with Crippen LogP contribution < -0.4 is 0 Å². The van der Waals surface area contributed by atoms with E-state index in [0.717, 1.165) is 6.42 Å². The van der Waals surface area contributed by atoms with Crippen molar-refractivity contribution < 1.29 is 28.4 Å². The minimum atomic E-state index is -0.494. The van der Waals surface area contributed by atoms with Crippen molar-refractivity contribution >= 4 is 0 Å². The first-order chi connectivity index (χ1) is 9.62. The van der Waals surface area contributed by atoms with Gasteiger partial charge in [0.15, 0.2) is 6.29 Å². The van der Waals surface area contributed by atoms with Crippen molar-refractivity contribution in [2.45, 2.75) is 57.1 Å². The molecule has 0 spiro atoms. The van der Waals surface area contributed by atoms with Gasteiger partial charge in [0.1, 0.15) is 24.4 Å². The summed E-state index contributed by atoms with van der Waals surface area (Å²) < 4.78 is 33.6. The predicted molar refractivity (Wildman–Crippen MR) is 73.8 cm³/mol. The first kappa shape index (κ1) is 17.8. The molecule has 0 bridgehead atoms. The number of rotatable bonds is 8. The van der Waals surface area contributed by atoms with Crippen molar-refractivity contribution in [1.29, 1.82) is 0 Å². The molecule has 0 amide bonds. The quantitative estimate of drug-likeness (QED) is 0.670. The second-order valence-corrected chi connectivity index (χ2v) is 4.95. The molecule has 6 atom stereocenters. The molecule has 1 rings (SSSR count). The molecule has 20 heavy (non-hydrogen) atoms. The van der Waals surface area contributed by atoms with Crippen LogP contribution in [0.1, 0.15) is 20.3 Å². The van der Waals surface area contributed by atoms with E-state index in [0.29, 0.717) is 6.61 Å². The Balaban J connectivity index is 2.87. The lowest BCUT2D eigenvalue weighted by Gasteiger charge is -2.45. The predicted octanol–water partition coefficient (Wildman–Crippen LogP) is 1.22. The zero-order chi connectivity index (χ0) is 15.1. The molecule has 6 nitrogen and oxygen atoms in total. The molecule has 0 aromatic heterocycles. The van der Waals surface area contributed by atoms with Gasteiger partial charge in [-0.1, -0.05) is 6.92 Å². The Morgan fingerprint density at radius 1 is 0.950 bits per heavy atom. The summed E-state index contributed by atoms with van der Waals surface area (Å²) in [6.07, 6.45) is -0.641. The van der Waals surface area contributed by atoms with Gasteiger partial charge in [-0.25, -0.2) is 0 Å². The molecule has 0 aromatic carbocycles. The third kappa shape index (κ3) is 4.13. The molecule has 120 valence electrons. The standard InChI is InChI=1S/C14H28O6/c1-7-9(2)19-14-13(18-6)12(17-5)11(16-4)10(20-14)8-15-3/h9-14H,7-8H2,1-6H3/t9-,10-,11-,12+,13+,14+/m1/s1. The van der Waals surface area contributed by atoms with Crippen molar-refractivity contribution in [1.82, 2.24) is 0 Å². The Hall–Kier alpha value is -0.240. The number of hydrogen-bond acceptors (Lipinski definition) is 6. The first-order valence-electron chi connectivity index (χ1n) is 7.01. The average molecular weight is 292 g/mol. The summed E-state index contributed by atoms with van der Waals surface area (Å²) in [6.45, 7) is 4.48. The minimum Gasteiger partial charge on any atom is -0.382 e. The lowest BCUT2D eigenvalue weighted by atomic mass is 9.98. The lowest BCUT2D eigenvalue weighted by Crippen LogP contribution is -2.61. The fraction of sp³-hybridized carbons (Fsp3) is 1.00. The Bertz CT molecular complexity index is 262. The molecule has 0 radical (unpaired) electrons. The van der Waals surface area contributed by atoms with Crippen LogP contribution in [-0.2, 0) is 28.4 Å². The largest absolute Gasteiger partial charge is 0.382 e. The highest BCUT2D eigenvalue weighted by Gasteiger charge is 2.47. The van der Waals surface area contributed by atoms with Gasteiger partial charge < -0.3 is 28.4 Å². The van der Waals surface area contributed by atoms with Gasteiger partial charge in [0, 0.05) is 28.4 Å². The topological polar surface area (TPSA) is 55.4 Å². The molecule has 1 saturated heterocycles. The summed E-state index contributed by atoms with van der Waals surface area (Å²) in [6, 6.07) is 0. The van der Waals surface area contributed by atoms with Crippen LogP contribution in [0, 0.1) is 0 Å². The average Bonchev–Trinajstić information content (AvgIpc) is 2.46. The number of methoxy groups -OCH3 is 4. The Labute approximate surface area is 121 Å². The number of hydrogen-bond donors (Lipinski definition) is 0. The molecule has 0 N–H and O–H groups in total. The van der Waals surface area contributed by atoms with E-state index in [1.165, 1.54) is 0 Å². The van der Waals surface area contributed by atoms with E-state index in [1.807, 2.05) is 6.92 Å². The van der Waals surface area contributed by atoms with Gasteiger partial charge in [0.05, 0.1) is 12.7 Å². The molecular formula is C14H28O6. The van der Waals surface area contributed by atoms with E-state index < -0.39 is 6.29 Å². The second-order valence-electron chi connectivity index (χ2n) is 4.95. The van der Waals surface area contributed by atoms with Gasteiger partial charge in [-0.2, -0.15) is 0 Å². The Morgan fingerprint density at radius 2 is 1.55 bits per heavy atom. The van der Waals surface area contributed by atoms with Crippen molar-refractivity contribution in [2.75, 3.05) is 35.0 Å². The Morgan fingerprint density at radius 3 is 2.00 bits per heavy atom. The fourth-order valence-electron chi connectivity index (χ4n) is 2.41. The maximum atomic E-state index is 5.96. The molecule has 0 unspecified atom stereocenters. The van der Waals surface area contributed by atoms with Crippen LogP contribution in [0.3, 0.4) is 0 Å². The van der Waals surface area contributed by atoms with Crippen LogP contribution in [0.25, 0.3) is 0 Å². The van der Waals surface area contributed by atoms with Gasteiger partial charge >= 0.3 is 0 Å². The molecule has 1 fully saturated rings. The lowest BCUT2D eigenvalue weighted by molar-refractivity contribution is -0.321. The molecule has 1 aliphatic heterocycles. The molecule has 6 heteroatoms. The highest BCUT2D eigenvalue weighted by Crippen LogP contribution is 2.28. The molecule has 0 aromatic rings. The summed E-state index contributed by atoms with van der Waals surface area (Å²) in [5.41, 5.74) is 0. The van der Waals surface area contributed by atoms with Crippen LogP contribution in [0.2, 0.25) is 0 Å². The van der Waals surface area contributed by atoms with Crippen LogP contribution in [0.4, 0.5) is 0 Å². The van der Waals surface area contributed by atoms with Gasteiger partial charge in [-0.15, -0.1) is 0 Å². The first-order valence-corrected chi connectivity index (χ1v) is 7.01. The number of ether oxygens (including phenoxy) is 6.